The minimum absolute atomic E-state index is 0.844. The molecule has 0 saturated carbocycles. The molecule has 1 aromatic heterocycles. The molecule has 0 unspecified atom stereocenters. The number of thiazole rings is 1. The fraction of sp³-hybridized carbons (Fsp3) is 0.176. The molecular weight excluding hydrogens is 294 g/mol. The molecule has 0 aliphatic carbocycles. The van der Waals surface area contributed by atoms with Crippen molar-refractivity contribution in [1.29, 1.82) is 0 Å². The van der Waals surface area contributed by atoms with Crippen LogP contribution in [0.25, 0.3) is 10.2 Å². The summed E-state index contributed by atoms with van der Waals surface area (Å²) in [6, 6.07) is 16.2. The van der Waals surface area contributed by atoms with Crippen LogP contribution in [0.15, 0.2) is 53.6 Å². The Bertz CT molecular complexity index is 808. The second-order valence-electron chi connectivity index (χ2n) is 4.93. The summed E-state index contributed by atoms with van der Waals surface area (Å²) < 4.78 is 8.59. The number of hydrazone groups is 1. The van der Waals surface area contributed by atoms with E-state index in [1.165, 1.54) is 10.2 Å². The Morgan fingerprint density at radius 2 is 1.86 bits per heavy atom. The number of hydrogen-bond donors (Lipinski definition) is 0. The second-order valence-corrected chi connectivity index (χ2v) is 6.00. The normalized spacial score (nSPS) is 11.2. The third-order valence-corrected chi connectivity index (χ3v) is 4.71. The van der Waals surface area contributed by atoms with Crippen molar-refractivity contribution < 1.29 is 9.30 Å². The maximum atomic E-state index is 5.17. The Hall–Kier alpha value is -2.40. The van der Waals surface area contributed by atoms with E-state index in [-0.39, 0.29) is 0 Å². The smallest absolute Gasteiger partial charge is 0.282 e. The fourth-order valence-electron chi connectivity index (χ4n) is 2.23. The lowest BCUT2D eigenvalue weighted by Gasteiger charge is -2.12. The zero-order chi connectivity index (χ0) is 15.5. The van der Waals surface area contributed by atoms with Gasteiger partial charge in [0.05, 0.1) is 12.8 Å². The zero-order valence-electron chi connectivity index (χ0n) is 12.9. The quantitative estimate of drug-likeness (QED) is 0.420. The first-order chi connectivity index (χ1) is 10.7. The van der Waals surface area contributed by atoms with Crippen LogP contribution in [-0.4, -0.2) is 20.4 Å². The van der Waals surface area contributed by atoms with Crippen LogP contribution in [0.5, 0.6) is 5.75 Å². The van der Waals surface area contributed by atoms with Gasteiger partial charge in [-0.1, -0.05) is 23.5 Å². The monoisotopic (exact) mass is 312 g/mol. The molecule has 0 spiro atoms. The van der Waals surface area contributed by atoms with Gasteiger partial charge in [0, 0.05) is 13.1 Å². The summed E-state index contributed by atoms with van der Waals surface area (Å²) in [5.74, 6) is 0.844. The van der Waals surface area contributed by atoms with E-state index >= 15 is 0 Å². The van der Waals surface area contributed by atoms with E-state index < -0.39 is 0 Å². The SMILES string of the molecule is COc1ccc(N(C)/N=C/c2sc3ccccc3[n+]2C)cc1. The fourth-order valence-corrected chi connectivity index (χ4v) is 3.25. The Morgan fingerprint density at radius 3 is 2.55 bits per heavy atom. The maximum Gasteiger partial charge on any atom is 0.282 e. The van der Waals surface area contributed by atoms with Crippen molar-refractivity contribution in [1.82, 2.24) is 0 Å². The number of para-hydroxylation sites is 1. The van der Waals surface area contributed by atoms with E-state index in [4.69, 9.17) is 4.74 Å². The molecule has 1 heterocycles. The molecule has 0 aliphatic heterocycles. The first-order valence-electron chi connectivity index (χ1n) is 6.98. The number of nitrogens with zero attached hydrogens (tertiary/aromatic N) is 3. The lowest BCUT2D eigenvalue weighted by atomic mass is 10.3. The average Bonchev–Trinajstić information content (AvgIpc) is 2.89. The van der Waals surface area contributed by atoms with Gasteiger partial charge in [-0.15, -0.1) is 0 Å². The maximum absolute atomic E-state index is 5.17. The van der Waals surface area contributed by atoms with Gasteiger partial charge in [0.15, 0.2) is 0 Å². The first-order valence-corrected chi connectivity index (χ1v) is 7.80. The van der Waals surface area contributed by atoms with Gasteiger partial charge in [0.2, 0.25) is 5.52 Å². The number of benzene rings is 2. The number of fused-ring (bicyclic) bond motifs is 1. The first kappa shape index (κ1) is 14.5. The van der Waals surface area contributed by atoms with Crippen LogP contribution >= 0.6 is 11.3 Å². The summed E-state index contributed by atoms with van der Waals surface area (Å²) in [6.07, 6.45) is 1.90. The number of methoxy groups -OCH3 is 1. The predicted octanol–water partition coefficient (Wildman–Crippen LogP) is 3.20. The zero-order valence-corrected chi connectivity index (χ0v) is 13.7. The molecule has 0 N–H and O–H groups in total. The van der Waals surface area contributed by atoms with Gasteiger partial charge < -0.3 is 4.74 Å². The van der Waals surface area contributed by atoms with Crippen LogP contribution < -0.4 is 14.3 Å². The van der Waals surface area contributed by atoms with E-state index in [2.05, 4.69) is 41.0 Å². The number of anilines is 1. The Morgan fingerprint density at radius 1 is 1.14 bits per heavy atom. The molecule has 0 fully saturated rings. The number of aromatic nitrogens is 1. The van der Waals surface area contributed by atoms with Crippen molar-refractivity contribution in [2.24, 2.45) is 12.1 Å². The molecule has 0 aliphatic rings. The molecule has 112 valence electrons. The number of aryl methyl sites for hydroxylation is 1. The molecule has 3 aromatic rings. The average molecular weight is 312 g/mol. The van der Waals surface area contributed by atoms with Gasteiger partial charge in [-0.25, -0.2) is 0 Å². The van der Waals surface area contributed by atoms with Crippen molar-refractivity contribution >= 4 is 33.5 Å². The summed E-state index contributed by atoms with van der Waals surface area (Å²) >= 11 is 1.73. The molecule has 0 amide bonds. The van der Waals surface area contributed by atoms with Crippen LogP contribution in [0.3, 0.4) is 0 Å². The summed E-state index contributed by atoms with van der Waals surface area (Å²) in [5, 5.41) is 7.50. The van der Waals surface area contributed by atoms with Crippen molar-refractivity contribution in [3.8, 4) is 5.75 Å². The lowest BCUT2D eigenvalue weighted by Crippen LogP contribution is -2.30. The van der Waals surface area contributed by atoms with E-state index in [9.17, 15) is 0 Å². The standard InChI is InChI=1S/C17H18N3OS/c1-19-15-6-4-5-7-16(15)22-17(19)12-18-20(2)13-8-10-14(21-3)11-9-13/h4-12H,1-3H3/q+1. The van der Waals surface area contributed by atoms with Crippen molar-refractivity contribution in [3.05, 3.63) is 53.5 Å². The van der Waals surface area contributed by atoms with Gasteiger partial charge in [0.1, 0.15) is 23.7 Å². The summed E-state index contributed by atoms with van der Waals surface area (Å²) in [4.78, 5) is 0. The van der Waals surface area contributed by atoms with Gasteiger partial charge in [-0.05, 0) is 30.3 Å². The van der Waals surface area contributed by atoms with E-state index in [1.807, 2.05) is 42.5 Å². The minimum Gasteiger partial charge on any atom is -0.497 e. The van der Waals surface area contributed by atoms with Crippen molar-refractivity contribution in [2.45, 2.75) is 0 Å². The van der Waals surface area contributed by atoms with Crippen LogP contribution in [0.1, 0.15) is 5.01 Å². The molecule has 5 heteroatoms. The molecule has 3 rings (SSSR count). The van der Waals surface area contributed by atoms with Gasteiger partial charge >= 0.3 is 0 Å². The molecule has 22 heavy (non-hydrogen) atoms. The van der Waals surface area contributed by atoms with Gasteiger partial charge in [-0.2, -0.15) is 9.67 Å². The van der Waals surface area contributed by atoms with Crippen molar-refractivity contribution in [3.63, 3.8) is 0 Å². The third-order valence-electron chi connectivity index (χ3n) is 3.56. The highest BCUT2D eigenvalue weighted by atomic mass is 32.1. The van der Waals surface area contributed by atoms with E-state index in [1.54, 1.807) is 18.4 Å². The number of ether oxygens (including phenoxy) is 1. The summed E-state index contributed by atoms with van der Waals surface area (Å²) in [5.41, 5.74) is 2.24. The molecule has 0 atom stereocenters. The minimum atomic E-state index is 0.844. The highest BCUT2D eigenvalue weighted by molar-refractivity contribution is 7.19. The Kier molecular flexibility index (Phi) is 4.06. The topological polar surface area (TPSA) is 28.7 Å². The van der Waals surface area contributed by atoms with Crippen LogP contribution in [0.2, 0.25) is 0 Å². The summed E-state index contributed by atoms with van der Waals surface area (Å²) in [7, 11) is 5.66. The van der Waals surface area contributed by atoms with Gasteiger partial charge in [0.25, 0.3) is 5.01 Å². The Labute approximate surface area is 133 Å². The van der Waals surface area contributed by atoms with Crippen LogP contribution in [0, 0.1) is 0 Å². The Balaban J connectivity index is 1.83. The molecule has 4 nitrogen and oxygen atoms in total. The molecule has 2 aromatic carbocycles. The van der Waals surface area contributed by atoms with Crippen LogP contribution in [0.4, 0.5) is 5.69 Å². The number of rotatable bonds is 4. The van der Waals surface area contributed by atoms with Gasteiger partial charge in [-0.3, -0.25) is 5.01 Å². The summed E-state index contributed by atoms with van der Waals surface area (Å²) in [6.45, 7) is 0. The van der Waals surface area contributed by atoms with Crippen molar-refractivity contribution in [2.75, 3.05) is 19.2 Å². The third kappa shape index (κ3) is 2.80. The van der Waals surface area contributed by atoms with E-state index in [0.717, 1.165) is 16.4 Å². The highest BCUT2D eigenvalue weighted by Gasteiger charge is 2.14. The molecule has 0 bridgehead atoms. The molecule has 0 saturated heterocycles. The number of hydrogen-bond acceptors (Lipinski definition) is 4. The molecular formula is C17H18N3OS+. The largest absolute Gasteiger partial charge is 0.497 e. The predicted molar refractivity (Wildman–Crippen MR) is 92.0 cm³/mol. The lowest BCUT2D eigenvalue weighted by molar-refractivity contribution is -0.641. The highest BCUT2D eigenvalue weighted by Crippen LogP contribution is 2.20. The van der Waals surface area contributed by atoms with Crippen LogP contribution in [-0.2, 0) is 7.05 Å². The van der Waals surface area contributed by atoms with E-state index in [0.29, 0.717) is 0 Å². The second kappa shape index (κ2) is 6.15. The molecule has 0 radical (unpaired) electrons.